The summed E-state index contributed by atoms with van der Waals surface area (Å²) in [6.45, 7) is 1.64. The number of nitrogens with zero attached hydrogens (tertiary/aromatic N) is 2. The predicted octanol–water partition coefficient (Wildman–Crippen LogP) is 4.18. The summed E-state index contributed by atoms with van der Waals surface area (Å²) in [6, 6.07) is 8.02. The number of carboxylic acid groups (broad SMARTS) is 1. The molecule has 0 radical (unpaired) electrons. The van der Waals surface area contributed by atoms with Gasteiger partial charge in [0.1, 0.15) is 5.65 Å². The highest BCUT2D eigenvalue weighted by atomic mass is 35.5. The van der Waals surface area contributed by atoms with Crippen LogP contribution < -0.4 is 5.56 Å². The quantitative estimate of drug-likeness (QED) is 0.746. The van der Waals surface area contributed by atoms with Crippen LogP contribution in [0, 0.1) is 6.92 Å². The number of rotatable bonds is 3. The summed E-state index contributed by atoms with van der Waals surface area (Å²) in [5, 5.41) is 10.1. The van der Waals surface area contributed by atoms with Gasteiger partial charge in [-0.3, -0.25) is 9.20 Å². The third-order valence-electron chi connectivity index (χ3n) is 3.72. The van der Waals surface area contributed by atoms with Crippen molar-refractivity contribution in [3.63, 3.8) is 0 Å². The molecule has 7 heteroatoms. The Kier molecular flexibility index (Phi) is 4.61. The SMILES string of the molecule is Cc1c(/C=C/c2ccc(Cl)cc2Cl)nc2ccc(C(=O)O)cn2c1=O. The van der Waals surface area contributed by atoms with E-state index in [0.29, 0.717) is 26.9 Å². The van der Waals surface area contributed by atoms with E-state index in [2.05, 4.69) is 4.98 Å². The van der Waals surface area contributed by atoms with Gasteiger partial charge in [-0.05, 0) is 42.8 Å². The molecule has 0 bridgehead atoms. The minimum Gasteiger partial charge on any atom is -0.478 e. The zero-order valence-corrected chi connectivity index (χ0v) is 14.5. The van der Waals surface area contributed by atoms with Crippen LogP contribution in [0.15, 0.2) is 41.3 Å². The molecular formula is C18H12Cl2N2O3. The van der Waals surface area contributed by atoms with Gasteiger partial charge >= 0.3 is 5.97 Å². The molecule has 0 unspecified atom stereocenters. The van der Waals surface area contributed by atoms with Crippen LogP contribution >= 0.6 is 23.2 Å². The fourth-order valence-electron chi connectivity index (χ4n) is 2.34. The number of pyridine rings is 1. The first kappa shape index (κ1) is 17.2. The summed E-state index contributed by atoms with van der Waals surface area (Å²) >= 11 is 12.0. The lowest BCUT2D eigenvalue weighted by molar-refractivity contribution is 0.0696. The lowest BCUT2D eigenvalue weighted by Gasteiger charge is -2.06. The molecule has 0 saturated carbocycles. The standard InChI is InChI=1S/C18H12Cl2N2O3/c1-10-15(6-3-11-2-5-13(19)8-14(11)20)21-16-7-4-12(18(24)25)9-22(16)17(10)23/h2-9H,1H3,(H,24,25)/b6-3+. The van der Waals surface area contributed by atoms with Crippen molar-refractivity contribution in [3.05, 3.63) is 79.3 Å². The number of halogens is 2. The number of hydrogen-bond donors (Lipinski definition) is 1. The molecule has 5 nitrogen and oxygen atoms in total. The van der Waals surface area contributed by atoms with E-state index in [0.717, 1.165) is 5.56 Å². The molecule has 0 aliphatic carbocycles. The average molecular weight is 375 g/mol. The van der Waals surface area contributed by atoms with E-state index in [1.807, 2.05) is 0 Å². The van der Waals surface area contributed by atoms with Crippen molar-refractivity contribution in [3.8, 4) is 0 Å². The van der Waals surface area contributed by atoms with Crippen LogP contribution in [0.1, 0.15) is 27.2 Å². The normalized spacial score (nSPS) is 11.3. The molecule has 0 saturated heterocycles. The largest absolute Gasteiger partial charge is 0.478 e. The van der Waals surface area contributed by atoms with Gasteiger partial charge in [-0.1, -0.05) is 35.3 Å². The minimum atomic E-state index is -1.10. The number of aromatic carboxylic acids is 1. The summed E-state index contributed by atoms with van der Waals surface area (Å²) < 4.78 is 1.23. The number of fused-ring (bicyclic) bond motifs is 1. The monoisotopic (exact) mass is 374 g/mol. The number of carboxylic acids is 1. The summed E-state index contributed by atoms with van der Waals surface area (Å²) in [4.78, 5) is 28.0. The summed E-state index contributed by atoms with van der Waals surface area (Å²) in [5.74, 6) is -1.10. The van der Waals surface area contributed by atoms with Gasteiger partial charge in [-0.15, -0.1) is 0 Å². The molecule has 0 fully saturated rings. The minimum absolute atomic E-state index is 0.0204. The molecule has 25 heavy (non-hydrogen) atoms. The van der Waals surface area contributed by atoms with E-state index in [1.54, 1.807) is 37.3 Å². The maximum Gasteiger partial charge on any atom is 0.337 e. The highest BCUT2D eigenvalue weighted by Gasteiger charge is 2.10. The molecule has 2 heterocycles. The first-order chi connectivity index (χ1) is 11.9. The summed E-state index contributed by atoms with van der Waals surface area (Å²) in [5.41, 5.74) is 1.69. The summed E-state index contributed by atoms with van der Waals surface area (Å²) in [6.07, 6.45) is 4.70. The molecule has 1 aromatic carbocycles. The van der Waals surface area contributed by atoms with Crippen molar-refractivity contribution in [2.24, 2.45) is 0 Å². The molecule has 0 spiro atoms. The van der Waals surface area contributed by atoms with E-state index in [9.17, 15) is 9.59 Å². The van der Waals surface area contributed by atoms with E-state index < -0.39 is 5.97 Å². The molecule has 0 atom stereocenters. The van der Waals surface area contributed by atoms with Crippen LogP contribution in [0.5, 0.6) is 0 Å². The van der Waals surface area contributed by atoms with E-state index in [-0.39, 0.29) is 11.1 Å². The smallest absolute Gasteiger partial charge is 0.337 e. The van der Waals surface area contributed by atoms with Gasteiger partial charge < -0.3 is 5.11 Å². The van der Waals surface area contributed by atoms with Crippen LogP contribution in [0.2, 0.25) is 10.0 Å². The Morgan fingerprint density at radius 2 is 1.96 bits per heavy atom. The van der Waals surface area contributed by atoms with Crippen LogP contribution in [0.3, 0.4) is 0 Å². The second-order valence-corrected chi connectivity index (χ2v) is 6.22. The molecule has 0 amide bonds. The van der Waals surface area contributed by atoms with Crippen molar-refractivity contribution in [2.75, 3.05) is 0 Å². The Labute approximate surface area is 152 Å². The molecule has 1 N–H and O–H groups in total. The molecule has 3 rings (SSSR count). The lowest BCUT2D eigenvalue weighted by atomic mass is 10.1. The van der Waals surface area contributed by atoms with Crippen molar-refractivity contribution in [1.82, 2.24) is 9.38 Å². The fourth-order valence-corrected chi connectivity index (χ4v) is 2.81. The van der Waals surface area contributed by atoms with Gasteiger partial charge in [0, 0.05) is 21.8 Å². The number of carbonyl (C=O) groups is 1. The third-order valence-corrected chi connectivity index (χ3v) is 4.28. The van der Waals surface area contributed by atoms with E-state index in [1.165, 1.54) is 22.7 Å². The first-order valence-corrected chi connectivity index (χ1v) is 8.02. The second kappa shape index (κ2) is 6.70. The molecule has 0 aliphatic rings. The Bertz CT molecular complexity index is 1090. The zero-order valence-electron chi connectivity index (χ0n) is 13.0. The molecular weight excluding hydrogens is 363 g/mol. The summed E-state index contributed by atoms with van der Waals surface area (Å²) in [7, 11) is 0. The van der Waals surface area contributed by atoms with Crippen LogP contribution in [-0.2, 0) is 0 Å². The highest BCUT2D eigenvalue weighted by molar-refractivity contribution is 6.35. The van der Waals surface area contributed by atoms with Gasteiger partial charge in [0.25, 0.3) is 5.56 Å². The maximum atomic E-state index is 12.5. The van der Waals surface area contributed by atoms with Gasteiger partial charge in [-0.2, -0.15) is 0 Å². The maximum absolute atomic E-state index is 12.5. The van der Waals surface area contributed by atoms with Crippen LogP contribution in [-0.4, -0.2) is 20.5 Å². The molecule has 126 valence electrons. The Morgan fingerprint density at radius 1 is 1.20 bits per heavy atom. The van der Waals surface area contributed by atoms with Crippen molar-refractivity contribution < 1.29 is 9.90 Å². The molecule has 2 aromatic heterocycles. The van der Waals surface area contributed by atoms with Crippen molar-refractivity contribution in [2.45, 2.75) is 6.92 Å². The number of aromatic nitrogens is 2. The number of benzene rings is 1. The highest BCUT2D eigenvalue weighted by Crippen LogP contribution is 2.23. The number of hydrogen-bond acceptors (Lipinski definition) is 3. The fraction of sp³-hybridized carbons (Fsp3) is 0.0556. The van der Waals surface area contributed by atoms with Gasteiger partial charge in [-0.25, -0.2) is 9.78 Å². The Morgan fingerprint density at radius 3 is 2.64 bits per heavy atom. The van der Waals surface area contributed by atoms with Crippen LogP contribution in [0.25, 0.3) is 17.8 Å². The molecule has 0 aliphatic heterocycles. The second-order valence-electron chi connectivity index (χ2n) is 5.38. The van der Waals surface area contributed by atoms with E-state index in [4.69, 9.17) is 28.3 Å². The first-order valence-electron chi connectivity index (χ1n) is 7.26. The van der Waals surface area contributed by atoms with Gasteiger partial charge in [0.15, 0.2) is 0 Å². The zero-order chi connectivity index (χ0) is 18.1. The van der Waals surface area contributed by atoms with Gasteiger partial charge in [0.05, 0.1) is 11.3 Å². The van der Waals surface area contributed by atoms with Crippen molar-refractivity contribution >= 4 is 47.0 Å². The van der Waals surface area contributed by atoms with Crippen LogP contribution in [0.4, 0.5) is 0 Å². The topological polar surface area (TPSA) is 71.7 Å². The molecule has 3 aromatic rings. The third kappa shape index (κ3) is 3.43. The Hall–Kier alpha value is -2.63. The Balaban J connectivity index is 2.09. The lowest BCUT2D eigenvalue weighted by Crippen LogP contribution is -2.20. The van der Waals surface area contributed by atoms with Gasteiger partial charge in [0.2, 0.25) is 0 Å². The van der Waals surface area contributed by atoms with Crippen molar-refractivity contribution in [1.29, 1.82) is 0 Å². The predicted molar refractivity (Wildman–Crippen MR) is 98.5 cm³/mol. The van der Waals surface area contributed by atoms with E-state index >= 15 is 0 Å². The average Bonchev–Trinajstić information content (AvgIpc) is 2.57.